The third kappa shape index (κ3) is 4.50. The van der Waals surface area contributed by atoms with Crippen molar-refractivity contribution in [3.63, 3.8) is 0 Å². The molecule has 0 radical (unpaired) electrons. The van der Waals surface area contributed by atoms with Gasteiger partial charge >= 0.3 is 0 Å². The second-order valence-electron chi connectivity index (χ2n) is 5.60. The molecule has 3 rings (SSSR count). The number of hydrogen-bond donors (Lipinski definition) is 1. The van der Waals surface area contributed by atoms with Crippen LogP contribution in [0.4, 0.5) is 5.13 Å². The number of ether oxygens (including phenoxy) is 1. The fourth-order valence-corrected chi connectivity index (χ4v) is 5.21. The molecule has 1 N–H and O–H groups in total. The number of thioether (sulfide) groups is 1. The largest absolute Gasteiger partial charge is 0.497 e. The Bertz CT molecular complexity index is 1000. The highest BCUT2D eigenvalue weighted by atomic mass is 32.2. The maximum absolute atomic E-state index is 12.6. The summed E-state index contributed by atoms with van der Waals surface area (Å²) in [5.41, 5.74) is 2.91. The standard InChI is InChI=1S/C19H17N3O2S3/c1-11-18(25-9-8-20)27-19(21-11)22-17(23)16-10-15(12(2)26-16)13-4-6-14(24-3)7-5-13/h4-7,10H,9H2,1-3H3,(H,21,22,23). The lowest BCUT2D eigenvalue weighted by Gasteiger charge is -2.02. The van der Waals surface area contributed by atoms with Crippen LogP contribution in [0.3, 0.4) is 0 Å². The van der Waals surface area contributed by atoms with Crippen molar-refractivity contribution in [1.29, 1.82) is 5.26 Å². The molecule has 0 aliphatic carbocycles. The minimum atomic E-state index is -0.173. The van der Waals surface area contributed by atoms with Gasteiger partial charge in [-0.1, -0.05) is 35.2 Å². The minimum absolute atomic E-state index is 0.173. The van der Waals surface area contributed by atoms with Crippen LogP contribution in [-0.2, 0) is 0 Å². The molecule has 0 atom stereocenters. The molecule has 0 spiro atoms. The Morgan fingerprint density at radius 1 is 1.30 bits per heavy atom. The van der Waals surface area contributed by atoms with Crippen molar-refractivity contribution < 1.29 is 9.53 Å². The molecule has 0 bridgehead atoms. The zero-order valence-electron chi connectivity index (χ0n) is 15.0. The molecule has 0 saturated carbocycles. The molecule has 8 heteroatoms. The van der Waals surface area contributed by atoms with Crippen LogP contribution in [0, 0.1) is 25.2 Å². The van der Waals surface area contributed by atoms with Gasteiger partial charge in [-0.3, -0.25) is 10.1 Å². The molecular formula is C19H17N3O2S3. The number of anilines is 1. The Labute approximate surface area is 170 Å². The van der Waals surface area contributed by atoms with Crippen molar-refractivity contribution in [2.24, 2.45) is 0 Å². The average molecular weight is 416 g/mol. The van der Waals surface area contributed by atoms with Gasteiger partial charge in [-0.25, -0.2) is 4.98 Å². The number of carbonyl (C=O) groups excluding carboxylic acids is 1. The first kappa shape index (κ1) is 19.4. The van der Waals surface area contributed by atoms with Crippen LogP contribution in [0.2, 0.25) is 0 Å². The fourth-order valence-electron chi connectivity index (χ4n) is 2.48. The highest BCUT2D eigenvalue weighted by Gasteiger charge is 2.16. The van der Waals surface area contributed by atoms with E-state index in [-0.39, 0.29) is 5.91 Å². The highest BCUT2D eigenvalue weighted by molar-refractivity contribution is 8.01. The fraction of sp³-hybridized carbons (Fsp3) is 0.211. The van der Waals surface area contributed by atoms with Gasteiger partial charge in [-0.05, 0) is 43.2 Å². The van der Waals surface area contributed by atoms with Gasteiger partial charge in [0.2, 0.25) is 0 Å². The van der Waals surface area contributed by atoms with Crippen molar-refractivity contribution in [2.75, 3.05) is 18.2 Å². The zero-order valence-corrected chi connectivity index (χ0v) is 17.5. The molecule has 3 aromatic rings. The van der Waals surface area contributed by atoms with E-state index in [1.54, 1.807) is 7.11 Å². The maximum Gasteiger partial charge on any atom is 0.267 e. The van der Waals surface area contributed by atoms with Gasteiger partial charge in [0.05, 0.1) is 33.7 Å². The van der Waals surface area contributed by atoms with E-state index in [4.69, 9.17) is 10.00 Å². The molecule has 1 amide bonds. The molecule has 1 aromatic carbocycles. The van der Waals surface area contributed by atoms with Crippen LogP contribution >= 0.6 is 34.4 Å². The summed E-state index contributed by atoms with van der Waals surface area (Å²) in [4.78, 5) is 18.7. The number of methoxy groups -OCH3 is 1. The summed E-state index contributed by atoms with van der Waals surface area (Å²) in [5.74, 6) is 0.994. The van der Waals surface area contributed by atoms with E-state index in [1.165, 1.54) is 34.4 Å². The number of aromatic nitrogens is 1. The number of thiazole rings is 1. The monoisotopic (exact) mass is 415 g/mol. The highest BCUT2D eigenvalue weighted by Crippen LogP contribution is 2.34. The van der Waals surface area contributed by atoms with E-state index in [9.17, 15) is 4.79 Å². The Morgan fingerprint density at radius 3 is 2.70 bits per heavy atom. The number of carbonyl (C=O) groups is 1. The number of nitrogens with zero attached hydrogens (tertiary/aromatic N) is 2. The average Bonchev–Trinajstić information content (AvgIpc) is 3.22. The van der Waals surface area contributed by atoms with Crippen molar-refractivity contribution >= 4 is 45.5 Å². The van der Waals surface area contributed by atoms with E-state index in [0.29, 0.717) is 15.8 Å². The summed E-state index contributed by atoms with van der Waals surface area (Å²) in [6, 6.07) is 11.8. The number of nitriles is 1. The lowest BCUT2D eigenvalue weighted by atomic mass is 10.1. The third-order valence-electron chi connectivity index (χ3n) is 3.78. The van der Waals surface area contributed by atoms with E-state index in [2.05, 4.69) is 16.4 Å². The van der Waals surface area contributed by atoms with Crippen molar-refractivity contribution in [3.8, 4) is 22.9 Å². The molecule has 0 fully saturated rings. The van der Waals surface area contributed by atoms with Gasteiger partial charge in [0.15, 0.2) is 5.13 Å². The van der Waals surface area contributed by atoms with Crippen LogP contribution in [0.1, 0.15) is 20.2 Å². The molecular weight excluding hydrogens is 398 g/mol. The summed E-state index contributed by atoms with van der Waals surface area (Å²) < 4.78 is 6.15. The van der Waals surface area contributed by atoms with Gasteiger partial charge in [0.25, 0.3) is 5.91 Å². The Balaban J connectivity index is 1.77. The van der Waals surface area contributed by atoms with Gasteiger partial charge in [-0.15, -0.1) is 11.3 Å². The maximum atomic E-state index is 12.6. The van der Waals surface area contributed by atoms with Gasteiger partial charge in [0, 0.05) is 4.88 Å². The second-order valence-corrected chi connectivity index (χ2v) is 9.10. The minimum Gasteiger partial charge on any atom is -0.497 e. The van der Waals surface area contributed by atoms with E-state index < -0.39 is 0 Å². The normalized spacial score (nSPS) is 10.4. The van der Waals surface area contributed by atoms with Gasteiger partial charge < -0.3 is 4.74 Å². The van der Waals surface area contributed by atoms with Crippen LogP contribution in [0.15, 0.2) is 34.5 Å². The van der Waals surface area contributed by atoms with Crippen LogP contribution in [0.25, 0.3) is 11.1 Å². The summed E-state index contributed by atoms with van der Waals surface area (Å²) in [7, 11) is 1.64. The molecule has 0 aliphatic rings. The third-order valence-corrected chi connectivity index (χ3v) is 7.14. The number of benzene rings is 1. The Morgan fingerprint density at radius 2 is 2.04 bits per heavy atom. The van der Waals surface area contributed by atoms with Crippen molar-refractivity contribution in [1.82, 2.24) is 4.98 Å². The molecule has 0 aliphatic heterocycles. The van der Waals surface area contributed by atoms with Gasteiger partial charge in [-0.2, -0.15) is 5.26 Å². The Kier molecular flexibility index (Phi) is 6.16. The Hall–Kier alpha value is -2.34. The number of thiophene rings is 1. The van der Waals surface area contributed by atoms with E-state index >= 15 is 0 Å². The number of hydrogen-bond acceptors (Lipinski definition) is 7. The lowest BCUT2D eigenvalue weighted by molar-refractivity contribution is 0.103. The first-order valence-electron chi connectivity index (χ1n) is 8.05. The lowest BCUT2D eigenvalue weighted by Crippen LogP contribution is -2.09. The molecule has 0 saturated heterocycles. The first-order valence-corrected chi connectivity index (χ1v) is 10.7. The molecule has 27 heavy (non-hydrogen) atoms. The second kappa shape index (κ2) is 8.57. The number of rotatable bonds is 6. The van der Waals surface area contributed by atoms with Crippen molar-refractivity contribution in [2.45, 2.75) is 18.1 Å². The molecule has 138 valence electrons. The van der Waals surface area contributed by atoms with E-state index in [0.717, 1.165) is 31.7 Å². The van der Waals surface area contributed by atoms with Crippen molar-refractivity contribution in [3.05, 3.63) is 45.8 Å². The summed E-state index contributed by atoms with van der Waals surface area (Å²) in [6.45, 7) is 3.88. The predicted octanol–water partition coefficient (Wildman–Crippen LogP) is 5.37. The summed E-state index contributed by atoms with van der Waals surface area (Å²) in [5, 5.41) is 12.1. The molecule has 2 aromatic heterocycles. The van der Waals surface area contributed by atoms with Gasteiger partial charge in [0.1, 0.15) is 5.75 Å². The predicted molar refractivity (Wildman–Crippen MR) is 112 cm³/mol. The number of amides is 1. The van der Waals surface area contributed by atoms with Crippen LogP contribution in [-0.4, -0.2) is 23.8 Å². The molecule has 2 heterocycles. The summed E-state index contributed by atoms with van der Waals surface area (Å²) in [6.07, 6.45) is 0. The van der Waals surface area contributed by atoms with E-state index in [1.807, 2.05) is 44.2 Å². The van der Waals surface area contributed by atoms with Crippen LogP contribution in [0.5, 0.6) is 5.75 Å². The first-order chi connectivity index (χ1) is 13.0. The smallest absolute Gasteiger partial charge is 0.267 e. The number of aryl methyl sites for hydroxylation is 2. The number of nitrogens with one attached hydrogen (secondary N) is 1. The zero-order chi connectivity index (χ0) is 19.4. The quantitative estimate of drug-likeness (QED) is 0.548. The molecule has 5 nitrogen and oxygen atoms in total. The van der Waals surface area contributed by atoms with Crippen LogP contribution < -0.4 is 10.1 Å². The molecule has 0 unspecified atom stereocenters. The topological polar surface area (TPSA) is 75.0 Å². The summed E-state index contributed by atoms with van der Waals surface area (Å²) >= 11 is 4.28. The SMILES string of the molecule is COc1ccc(-c2cc(C(=O)Nc3nc(C)c(SCC#N)s3)sc2C)cc1.